The van der Waals surface area contributed by atoms with Gasteiger partial charge in [0, 0.05) is 30.2 Å². The number of carbonyl (C=O) groups is 1. The van der Waals surface area contributed by atoms with Gasteiger partial charge in [0.05, 0.1) is 12.1 Å². The molecule has 108 valence electrons. The Morgan fingerprint density at radius 3 is 2.60 bits per heavy atom. The summed E-state index contributed by atoms with van der Waals surface area (Å²) in [7, 11) is 1.64. The Labute approximate surface area is 119 Å². The smallest absolute Gasteiger partial charge is 0.236 e. The van der Waals surface area contributed by atoms with Crippen molar-refractivity contribution >= 4 is 16.8 Å². The lowest BCUT2D eigenvalue weighted by molar-refractivity contribution is 0.0772. The van der Waals surface area contributed by atoms with Crippen molar-refractivity contribution in [1.29, 1.82) is 0 Å². The van der Waals surface area contributed by atoms with Crippen LogP contribution in [0.25, 0.3) is 10.9 Å². The fraction of sp³-hybridized carbons (Fsp3) is 0.438. The van der Waals surface area contributed by atoms with Crippen LogP contribution in [0.5, 0.6) is 5.75 Å². The zero-order valence-electron chi connectivity index (χ0n) is 12.5. The molecule has 1 aromatic carbocycles. The molecule has 0 spiro atoms. The average Bonchev–Trinajstić information content (AvgIpc) is 2.80. The number of carbonyl (C=O) groups excluding carboxylic acids is 1. The molecule has 0 saturated carbocycles. The van der Waals surface area contributed by atoms with E-state index in [-0.39, 0.29) is 5.91 Å². The van der Waals surface area contributed by atoms with Gasteiger partial charge in [0.25, 0.3) is 0 Å². The van der Waals surface area contributed by atoms with E-state index in [1.807, 2.05) is 51.2 Å². The van der Waals surface area contributed by atoms with E-state index in [1.54, 1.807) is 11.7 Å². The summed E-state index contributed by atoms with van der Waals surface area (Å²) >= 11 is 0. The van der Waals surface area contributed by atoms with Gasteiger partial charge in [-0.2, -0.15) is 0 Å². The molecule has 0 amide bonds. The Bertz CT molecular complexity index is 608. The van der Waals surface area contributed by atoms with Crippen LogP contribution in [0.3, 0.4) is 0 Å². The van der Waals surface area contributed by atoms with Gasteiger partial charge in [0.15, 0.2) is 0 Å². The van der Waals surface area contributed by atoms with Gasteiger partial charge in [-0.05, 0) is 18.2 Å². The molecular weight excluding hydrogens is 254 g/mol. The van der Waals surface area contributed by atoms with Gasteiger partial charge in [-0.1, -0.05) is 20.8 Å². The Hall–Kier alpha value is -1.81. The highest BCUT2D eigenvalue weighted by atomic mass is 16.5. The van der Waals surface area contributed by atoms with Crippen LogP contribution in [-0.2, 0) is 4.74 Å². The van der Waals surface area contributed by atoms with E-state index >= 15 is 0 Å². The molecule has 0 atom stereocenters. The molecule has 0 radical (unpaired) electrons. The summed E-state index contributed by atoms with van der Waals surface area (Å²) < 4.78 is 12.2. The lowest BCUT2D eigenvalue weighted by Gasteiger charge is -2.18. The van der Waals surface area contributed by atoms with Gasteiger partial charge >= 0.3 is 0 Å². The molecule has 1 aromatic heterocycles. The van der Waals surface area contributed by atoms with E-state index in [4.69, 9.17) is 9.47 Å². The van der Waals surface area contributed by atoms with Crippen molar-refractivity contribution in [1.82, 2.24) is 4.57 Å². The number of fused-ring (bicyclic) bond motifs is 1. The normalized spacial score (nSPS) is 11.8. The Kier molecular flexibility index (Phi) is 4.14. The number of rotatable bonds is 4. The second-order valence-corrected chi connectivity index (χ2v) is 5.80. The molecule has 4 heteroatoms. The first-order valence-corrected chi connectivity index (χ1v) is 6.71. The topological polar surface area (TPSA) is 40.5 Å². The number of aromatic nitrogens is 1. The van der Waals surface area contributed by atoms with Crippen molar-refractivity contribution in [2.45, 2.75) is 20.8 Å². The summed E-state index contributed by atoms with van der Waals surface area (Å²) in [5.74, 6) is 0.817. The highest BCUT2D eigenvalue weighted by Gasteiger charge is 2.24. The molecule has 0 bridgehead atoms. The maximum absolute atomic E-state index is 12.4. The predicted octanol–water partition coefficient (Wildman–Crippen LogP) is 3.35. The van der Waals surface area contributed by atoms with Crippen LogP contribution < -0.4 is 4.74 Å². The van der Waals surface area contributed by atoms with Crippen molar-refractivity contribution in [3.05, 3.63) is 30.5 Å². The fourth-order valence-electron chi connectivity index (χ4n) is 1.98. The third kappa shape index (κ3) is 3.02. The summed E-state index contributed by atoms with van der Waals surface area (Å²) in [5, 5.41) is 1.03. The summed E-state index contributed by atoms with van der Waals surface area (Å²) in [6.45, 7) is 6.79. The van der Waals surface area contributed by atoms with Crippen LogP contribution in [0, 0.1) is 5.41 Å². The molecule has 2 aromatic rings. The molecule has 0 unspecified atom stereocenters. The minimum atomic E-state index is -0.418. The highest BCUT2D eigenvalue weighted by Crippen LogP contribution is 2.25. The van der Waals surface area contributed by atoms with Crippen LogP contribution >= 0.6 is 0 Å². The summed E-state index contributed by atoms with van der Waals surface area (Å²) in [6, 6.07) is 7.71. The van der Waals surface area contributed by atoms with E-state index in [9.17, 15) is 4.79 Å². The third-order valence-corrected chi connectivity index (χ3v) is 3.08. The molecule has 20 heavy (non-hydrogen) atoms. The van der Waals surface area contributed by atoms with Crippen molar-refractivity contribution in [2.75, 3.05) is 20.3 Å². The lowest BCUT2D eigenvalue weighted by Crippen LogP contribution is -2.25. The second kappa shape index (κ2) is 5.67. The zero-order valence-corrected chi connectivity index (χ0v) is 12.5. The van der Waals surface area contributed by atoms with E-state index in [0.717, 1.165) is 16.7 Å². The third-order valence-electron chi connectivity index (χ3n) is 3.08. The number of ether oxygens (including phenoxy) is 2. The van der Waals surface area contributed by atoms with Crippen LogP contribution in [0.2, 0.25) is 0 Å². The first-order valence-electron chi connectivity index (χ1n) is 6.71. The van der Waals surface area contributed by atoms with Crippen molar-refractivity contribution in [3.63, 3.8) is 0 Å². The molecule has 0 aliphatic rings. The van der Waals surface area contributed by atoms with Crippen LogP contribution in [-0.4, -0.2) is 30.8 Å². The van der Waals surface area contributed by atoms with Crippen molar-refractivity contribution < 1.29 is 14.3 Å². The van der Waals surface area contributed by atoms with Gasteiger partial charge in [-0.15, -0.1) is 0 Å². The first-order chi connectivity index (χ1) is 9.43. The molecule has 0 aliphatic heterocycles. The monoisotopic (exact) mass is 275 g/mol. The average molecular weight is 275 g/mol. The van der Waals surface area contributed by atoms with Crippen LogP contribution in [0.4, 0.5) is 0 Å². The minimum absolute atomic E-state index is 0.0709. The largest absolute Gasteiger partial charge is 0.491 e. The Morgan fingerprint density at radius 2 is 1.95 bits per heavy atom. The van der Waals surface area contributed by atoms with E-state index in [2.05, 4.69) is 0 Å². The molecule has 0 saturated heterocycles. The molecule has 1 heterocycles. The first kappa shape index (κ1) is 14.6. The molecule has 2 rings (SSSR count). The van der Waals surface area contributed by atoms with Crippen molar-refractivity contribution in [3.8, 4) is 5.75 Å². The number of hydrogen-bond donors (Lipinski definition) is 0. The van der Waals surface area contributed by atoms with Crippen molar-refractivity contribution in [2.24, 2.45) is 5.41 Å². The summed E-state index contributed by atoms with van der Waals surface area (Å²) in [6.07, 6.45) is 1.82. The molecular formula is C16H21NO3. The maximum atomic E-state index is 12.4. The van der Waals surface area contributed by atoms with Crippen LogP contribution in [0.15, 0.2) is 30.5 Å². The van der Waals surface area contributed by atoms with Gasteiger partial charge in [0.2, 0.25) is 5.91 Å². The Morgan fingerprint density at radius 1 is 1.20 bits per heavy atom. The zero-order chi connectivity index (χ0) is 14.8. The SMILES string of the molecule is COCCOc1ccc2ccn(C(=O)C(C)(C)C)c2c1. The van der Waals surface area contributed by atoms with E-state index in [0.29, 0.717) is 13.2 Å². The molecule has 0 aliphatic carbocycles. The Balaban J connectivity index is 2.33. The maximum Gasteiger partial charge on any atom is 0.236 e. The van der Waals surface area contributed by atoms with E-state index < -0.39 is 5.41 Å². The molecule has 0 fully saturated rings. The van der Waals surface area contributed by atoms with Gasteiger partial charge in [-0.25, -0.2) is 0 Å². The highest BCUT2D eigenvalue weighted by molar-refractivity contribution is 5.95. The molecule has 0 N–H and O–H groups in total. The van der Waals surface area contributed by atoms with Gasteiger partial charge in [-0.3, -0.25) is 9.36 Å². The predicted molar refractivity (Wildman–Crippen MR) is 79.4 cm³/mol. The lowest BCUT2D eigenvalue weighted by atomic mass is 9.95. The number of nitrogens with zero attached hydrogens (tertiary/aromatic N) is 1. The number of benzene rings is 1. The molecule has 4 nitrogen and oxygen atoms in total. The number of hydrogen-bond acceptors (Lipinski definition) is 3. The van der Waals surface area contributed by atoms with Gasteiger partial charge in [0.1, 0.15) is 12.4 Å². The minimum Gasteiger partial charge on any atom is -0.491 e. The standard InChI is InChI=1S/C16H21NO3/c1-16(2,3)15(18)17-8-7-12-5-6-13(11-14(12)17)20-10-9-19-4/h5-8,11H,9-10H2,1-4H3. The van der Waals surface area contributed by atoms with Gasteiger partial charge < -0.3 is 9.47 Å². The number of methoxy groups -OCH3 is 1. The van der Waals surface area contributed by atoms with E-state index in [1.165, 1.54) is 0 Å². The van der Waals surface area contributed by atoms with Crippen LogP contribution in [0.1, 0.15) is 25.6 Å². The summed E-state index contributed by atoms with van der Waals surface area (Å²) in [4.78, 5) is 12.4. The summed E-state index contributed by atoms with van der Waals surface area (Å²) in [5.41, 5.74) is 0.457. The quantitative estimate of drug-likeness (QED) is 0.803. The second-order valence-electron chi connectivity index (χ2n) is 5.80. The fourth-order valence-corrected chi connectivity index (χ4v) is 1.98.